The molecular formula is C28H33N5O3S2. The molecule has 0 saturated carbocycles. The van der Waals surface area contributed by atoms with Gasteiger partial charge in [0.1, 0.15) is 22.4 Å². The number of hydrazone groups is 1. The van der Waals surface area contributed by atoms with E-state index in [-0.39, 0.29) is 23.8 Å². The van der Waals surface area contributed by atoms with Gasteiger partial charge in [0.05, 0.1) is 16.6 Å². The van der Waals surface area contributed by atoms with Gasteiger partial charge in [0.15, 0.2) is 5.62 Å². The molecule has 10 heteroatoms. The van der Waals surface area contributed by atoms with Crippen LogP contribution in [0.5, 0.6) is 5.75 Å². The Morgan fingerprint density at radius 1 is 1.21 bits per heavy atom. The lowest BCUT2D eigenvalue weighted by Gasteiger charge is -2.20. The molecule has 4 rings (SSSR count). The molecule has 1 aliphatic rings. The van der Waals surface area contributed by atoms with Crippen molar-refractivity contribution in [3.8, 4) is 16.3 Å². The molecule has 1 amide bonds. The van der Waals surface area contributed by atoms with Crippen LogP contribution in [-0.2, 0) is 11.4 Å². The zero-order valence-electron chi connectivity index (χ0n) is 22.0. The molecule has 1 saturated heterocycles. The van der Waals surface area contributed by atoms with Gasteiger partial charge in [-0.05, 0) is 49.0 Å². The summed E-state index contributed by atoms with van der Waals surface area (Å²) in [5.74, 6) is 0.744. The summed E-state index contributed by atoms with van der Waals surface area (Å²) in [7, 11) is 3.69. The number of carbonyl (C=O) groups excluding carboxylic acids is 2. The smallest absolute Gasteiger partial charge is 0.251 e. The van der Waals surface area contributed by atoms with E-state index in [9.17, 15) is 9.59 Å². The monoisotopic (exact) mass is 551 g/mol. The zero-order valence-corrected chi connectivity index (χ0v) is 23.6. The fourth-order valence-corrected chi connectivity index (χ4v) is 6.27. The standard InChI is InChI=1S/C28H33N5O3S2/c1-18(2)25-24(38-27(31-25)20-8-6-5-7-9-20)16-36-21-12-10-19(11-13-21)26(35)30-23-15-33(4)14-22(23)28(32-29-3)37-17-34/h5-13,17-18,22-23,29H,14-16H2,1-4H3,(H,30,35)/b32-28-. The maximum Gasteiger partial charge on any atom is 0.251 e. The number of thiazole rings is 1. The average molecular weight is 552 g/mol. The Morgan fingerprint density at radius 2 is 1.95 bits per heavy atom. The summed E-state index contributed by atoms with van der Waals surface area (Å²) in [5.41, 5.74) is 6.23. The van der Waals surface area contributed by atoms with Crippen molar-refractivity contribution in [3.05, 3.63) is 70.7 Å². The van der Waals surface area contributed by atoms with Crippen molar-refractivity contribution in [1.82, 2.24) is 20.6 Å². The number of carbonyl (C=O) groups is 2. The molecule has 0 bridgehead atoms. The number of hydrogen-bond acceptors (Lipinski definition) is 9. The van der Waals surface area contributed by atoms with Gasteiger partial charge in [-0.3, -0.25) is 9.59 Å². The molecule has 2 unspecified atom stereocenters. The van der Waals surface area contributed by atoms with Crippen LogP contribution in [0.1, 0.15) is 40.7 Å². The van der Waals surface area contributed by atoms with E-state index in [1.807, 2.05) is 37.4 Å². The lowest BCUT2D eigenvalue weighted by atomic mass is 10.0. The van der Waals surface area contributed by atoms with Crippen molar-refractivity contribution in [1.29, 1.82) is 0 Å². The first-order valence-electron chi connectivity index (χ1n) is 12.5. The molecular weight excluding hydrogens is 518 g/mol. The number of likely N-dealkylation sites (tertiary alicyclic amines) is 1. The van der Waals surface area contributed by atoms with E-state index in [1.54, 1.807) is 30.5 Å². The van der Waals surface area contributed by atoms with E-state index >= 15 is 0 Å². The second-order valence-corrected chi connectivity index (χ2v) is 11.4. The molecule has 0 aliphatic carbocycles. The van der Waals surface area contributed by atoms with Crippen LogP contribution in [0.2, 0.25) is 0 Å². The summed E-state index contributed by atoms with van der Waals surface area (Å²) in [6, 6.07) is 17.2. The van der Waals surface area contributed by atoms with Crippen LogP contribution in [0.25, 0.3) is 10.6 Å². The molecule has 0 radical (unpaired) electrons. The number of hydrogen-bond donors (Lipinski definition) is 2. The third kappa shape index (κ3) is 6.80. The highest BCUT2D eigenvalue weighted by atomic mass is 32.2. The van der Waals surface area contributed by atoms with Crippen molar-refractivity contribution in [2.24, 2.45) is 11.0 Å². The molecule has 2 heterocycles. The van der Waals surface area contributed by atoms with Crippen LogP contribution in [0.15, 0.2) is 59.7 Å². The minimum atomic E-state index is -0.168. The number of ether oxygens (including phenoxy) is 1. The number of likely N-dealkylation sites (N-methyl/N-ethyl adjacent to an activating group) is 1. The maximum absolute atomic E-state index is 13.0. The summed E-state index contributed by atoms with van der Waals surface area (Å²) < 4.78 is 6.09. The molecule has 3 aromatic rings. The number of rotatable bonds is 10. The van der Waals surface area contributed by atoms with E-state index in [1.165, 1.54) is 0 Å². The predicted octanol–water partition coefficient (Wildman–Crippen LogP) is 4.63. The van der Waals surface area contributed by atoms with Crippen molar-refractivity contribution < 1.29 is 14.3 Å². The Hall–Kier alpha value is -3.21. The highest BCUT2D eigenvalue weighted by Crippen LogP contribution is 2.32. The molecule has 2 aromatic carbocycles. The highest BCUT2D eigenvalue weighted by molar-refractivity contribution is 8.24. The van der Waals surface area contributed by atoms with Crippen molar-refractivity contribution >= 4 is 39.7 Å². The van der Waals surface area contributed by atoms with Gasteiger partial charge in [-0.1, -0.05) is 44.2 Å². The zero-order chi connectivity index (χ0) is 27.1. The van der Waals surface area contributed by atoms with Gasteiger partial charge in [0.2, 0.25) is 0 Å². The van der Waals surface area contributed by atoms with Crippen LogP contribution < -0.4 is 15.5 Å². The first kappa shape index (κ1) is 27.8. The summed E-state index contributed by atoms with van der Waals surface area (Å²) in [6.07, 6.45) is 0. The molecule has 1 fully saturated rings. The molecule has 200 valence electrons. The van der Waals surface area contributed by atoms with Gasteiger partial charge in [0, 0.05) is 37.2 Å². The minimum absolute atomic E-state index is 0.0652. The molecule has 38 heavy (non-hydrogen) atoms. The summed E-state index contributed by atoms with van der Waals surface area (Å²) in [6.45, 7) is 6.08. The Morgan fingerprint density at radius 3 is 2.61 bits per heavy atom. The number of aromatic nitrogens is 1. The Kier molecular flexibility index (Phi) is 9.54. The van der Waals surface area contributed by atoms with E-state index in [0.29, 0.717) is 36.1 Å². The third-order valence-electron chi connectivity index (χ3n) is 6.31. The molecule has 2 N–H and O–H groups in total. The van der Waals surface area contributed by atoms with Crippen molar-refractivity contribution in [3.63, 3.8) is 0 Å². The molecule has 1 aromatic heterocycles. The molecule has 2 atom stereocenters. The highest BCUT2D eigenvalue weighted by Gasteiger charge is 2.36. The van der Waals surface area contributed by atoms with E-state index in [4.69, 9.17) is 9.72 Å². The Labute approximate surface area is 231 Å². The first-order chi connectivity index (χ1) is 18.4. The normalized spacial score (nSPS) is 18.0. The van der Waals surface area contributed by atoms with Crippen LogP contribution in [0.3, 0.4) is 0 Å². The quantitative estimate of drug-likeness (QED) is 0.164. The van der Waals surface area contributed by atoms with E-state index in [0.717, 1.165) is 38.5 Å². The second kappa shape index (κ2) is 13.0. The number of benzene rings is 2. The minimum Gasteiger partial charge on any atom is -0.488 e. The van der Waals surface area contributed by atoms with E-state index in [2.05, 4.69) is 46.7 Å². The fraction of sp³-hybridized carbons (Fsp3) is 0.357. The molecule has 0 spiro atoms. The Bertz CT molecular complexity index is 1260. The second-order valence-electron chi connectivity index (χ2n) is 9.46. The van der Waals surface area contributed by atoms with Gasteiger partial charge in [-0.2, -0.15) is 5.10 Å². The largest absolute Gasteiger partial charge is 0.488 e. The number of nitrogens with zero attached hydrogens (tertiary/aromatic N) is 3. The van der Waals surface area contributed by atoms with Gasteiger partial charge in [0.25, 0.3) is 5.91 Å². The van der Waals surface area contributed by atoms with Gasteiger partial charge >= 0.3 is 0 Å². The fourth-order valence-electron chi connectivity index (χ4n) is 4.48. The SMILES string of the molecule is CN/N=C(\SC=O)C1CN(C)CC1NC(=O)c1ccc(OCc2sc(-c3ccccc3)nc2C(C)C)cc1. The topological polar surface area (TPSA) is 95.9 Å². The van der Waals surface area contributed by atoms with Crippen LogP contribution in [0, 0.1) is 5.92 Å². The summed E-state index contributed by atoms with van der Waals surface area (Å²) in [5, 5.41) is 9.03. The molecule has 1 aliphatic heterocycles. The summed E-state index contributed by atoms with van der Waals surface area (Å²) in [4.78, 5) is 32.2. The van der Waals surface area contributed by atoms with Crippen molar-refractivity contribution in [2.75, 3.05) is 27.2 Å². The number of amides is 1. The third-order valence-corrected chi connectivity index (χ3v) is 8.13. The lowest BCUT2D eigenvalue weighted by Crippen LogP contribution is -2.42. The molecule has 8 nitrogen and oxygen atoms in total. The Balaban J connectivity index is 1.40. The number of nitrogens with one attached hydrogen (secondary N) is 2. The summed E-state index contributed by atoms with van der Waals surface area (Å²) >= 11 is 2.70. The van der Waals surface area contributed by atoms with Crippen LogP contribution in [0.4, 0.5) is 0 Å². The van der Waals surface area contributed by atoms with E-state index < -0.39 is 0 Å². The van der Waals surface area contributed by atoms with Crippen LogP contribution in [-0.4, -0.2) is 59.7 Å². The van der Waals surface area contributed by atoms with Gasteiger partial charge in [-0.25, -0.2) is 4.98 Å². The average Bonchev–Trinajstić information content (AvgIpc) is 3.51. The predicted molar refractivity (Wildman–Crippen MR) is 155 cm³/mol. The van der Waals surface area contributed by atoms with Gasteiger partial charge < -0.3 is 20.4 Å². The van der Waals surface area contributed by atoms with Crippen molar-refractivity contribution in [2.45, 2.75) is 32.4 Å². The first-order valence-corrected chi connectivity index (χ1v) is 14.2. The maximum atomic E-state index is 13.0. The lowest BCUT2D eigenvalue weighted by molar-refractivity contribution is 0.0935. The number of thioether (sulfide) groups is 1. The van der Waals surface area contributed by atoms with Crippen LogP contribution >= 0.6 is 23.1 Å². The van der Waals surface area contributed by atoms with Gasteiger partial charge in [-0.15, -0.1) is 11.3 Å².